The molecular weight excluding hydrogens is 320 g/mol. The van der Waals surface area contributed by atoms with Crippen LogP contribution in [-0.4, -0.2) is 25.7 Å². The van der Waals surface area contributed by atoms with Crippen LogP contribution in [0.25, 0.3) is 0 Å². The van der Waals surface area contributed by atoms with Crippen LogP contribution in [-0.2, 0) is 9.53 Å². The Morgan fingerprint density at radius 2 is 2.11 bits per heavy atom. The minimum atomic E-state index is -0.634. The highest BCUT2D eigenvalue weighted by atomic mass is 79.9. The first kappa shape index (κ1) is 17.4. The van der Waals surface area contributed by atoms with Crippen LogP contribution in [0.5, 0.6) is 0 Å². The standard InChI is InChI=1S/C12H17BrN2O2.ClH/c1-8(9-5-3-4-6-10(9)13)15-12(16)11(14)7-17-2;/h3-6,8,11H,7,14H2,1-2H3,(H,15,16);1H. The van der Waals surface area contributed by atoms with E-state index >= 15 is 0 Å². The first-order valence-electron chi connectivity index (χ1n) is 5.35. The van der Waals surface area contributed by atoms with Gasteiger partial charge >= 0.3 is 0 Å². The van der Waals surface area contributed by atoms with E-state index < -0.39 is 6.04 Å². The molecule has 0 saturated heterocycles. The van der Waals surface area contributed by atoms with E-state index in [2.05, 4.69) is 21.2 Å². The lowest BCUT2D eigenvalue weighted by molar-refractivity contribution is -0.124. The molecule has 0 aromatic heterocycles. The van der Waals surface area contributed by atoms with Crippen molar-refractivity contribution >= 4 is 34.2 Å². The molecule has 18 heavy (non-hydrogen) atoms. The average molecular weight is 338 g/mol. The number of rotatable bonds is 5. The van der Waals surface area contributed by atoms with Gasteiger partial charge in [0, 0.05) is 11.6 Å². The summed E-state index contributed by atoms with van der Waals surface area (Å²) in [6.07, 6.45) is 0. The lowest BCUT2D eigenvalue weighted by Gasteiger charge is -2.18. The lowest BCUT2D eigenvalue weighted by atomic mass is 10.1. The Hall–Kier alpha value is -0.620. The summed E-state index contributed by atoms with van der Waals surface area (Å²) in [5.74, 6) is -0.213. The van der Waals surface area contributed by atoms with Gasteiger partial charge in [0.05, 0.1) is 12.6 Å². The number of amides is 1. The molecule has 2 atom stereocenters. The van der Waals surface area contributed by atoms with Crippen molar-refractivity contribution < 1.29 is 9.53 Å². The van der Waals surface area contributed by atoms with Crippen molar-refractivity contribution in [3.05, 3.63) is 34.3 Å². The van der Waals surface area contributed by atoms with Crippen molar-refractivity contribution in [2.75, 3.05) is 13.7 Å². The van der Waals surface area contributed by atoms with Crippen LogP contribution in [0.2, 0.25) is 0 Å². The molecule has 102 valence electrons. The number of halogens is 2. The van der Waals surface area contributed by atoms with E-state index in [1.54, 1.807) is 0 Å². The van der Waals surface area contributed by atoms with Gasteiger partial charge in [-0.2, -0.15) is 0 Å². The third-order valence-electron chi connectivity index (χ3n) is 2.41. The van der Waals surface area contributed by atoms with Gasteiger partial charge in [0.15, 0.2) is 0 Å². The second-order valence-corrected chi connectivity index (χ2v) is 4.67. The summed E-state index contributed by atoms with van der Waals surface area (Å²) in [5, 5.41) is 2.85. The van der Waals surface area contributed by atoms with Crippen LogP contribution in [0.1, 0.15) is 18.5 Å². The van der Waals surface area contributed by atoms with Crippen molar-refractivity contribution in [2.24, 2.45) is 5.73 Å². The number of carbonyl (C=O) groups is 1. The van der Waals surface area contributed by atoms with Crippen LogP contribution >= 0.6 is 28.3 Å². The normalized spacial score (nSPS) is 13.3. The number of nitrogens with two attached hydrogens (primary N) is 1. The number of hydrogen-bond donors (Lipinski definition) is 2. The number of ether oxygens (including phenoxy) is 1. The Balaban J connectivity index is 0.00000289. The first-order valence-corrected chi connectivity index (χ1v) is 6.15. The zero-order valence-electron chi connectivity index (χ0n) is 10.4. The Bertz CT molecular complexity index is 390. The fourth-order valence-electron chi connectivity index (χ4n) is 1.48. The molecule has 0 fully saturated rings. The third kappa shape index (κ3) is 4.94. The minimum absolute atomic E-state index is 0. The third-order valence-corrected chi connectivity index (χ3v) is 3.14. The first-order chi connectivity index (χ1) is 8.06. The van der Waals surface area contributed by atoms with Gasteiger partial charge in [-0.1, -0.05) is 34.1 Å². The molecular formula is C12H18BrClN2O2. The van der Waals surface area contributed by atoms with Gasteiger partial charge in [-0.3, -0.25) is 4.79 Å². The molecule has 1 aromatic rings. The van der Waals surface area contributed by atoms with Crippen molar-refractivity contribution in [1.29, 1.82) is 0 Å². The van der Waals surface area contributed by atoms with Crippen LogP contribution < -0.4 is 11.1 Å². The van der Waals surface area contributed by atoms with Gasteiger partial charge < -0.3 is 15.8 Å². The highest BCUT2D eigenvalue weighted by molar-refractivity contribution is 9.10. The van der Waals surface area contributed by atoms with Crippen LogP contribution in [0.3, 0.4) is 0 Å². The molecule has 0 saturated carbocycles. The van der Waals surface area contributed by atoms with E-state index in [1.165, 1.54) is 7.11 Å². The van der Waals surface area contributed by atoms with E-state index in [9.17, 15) is 4.79 Å². The molecule has 4 nitrogen and oxygen atoms in total. The molecule has 1 aromatic carbocycles. The molecule has 0 aliphatic heterocycles. The molecule has 0 heterocycles. The monoisotopic (exact) mass is 336 g/mol. The number of benzene rings is 1. The number of nitrogens with one attached hydrogen (secondary N) is 1. The van der Waals surface area contributed by atoms with Gasteiger partial charge in [-0.05, 0) is 18.6 Å². The van der Waals surface area contributed by atoms with Crippen LogP contribution in [0, 0.1) is 0 Å². The van der Waals surface area contributed by atoms with Crippen LogP contribution in [0.15, 0.2) is 28.7 Å². The van der Waals surface area contributed by atoms with E-state index in [0.29, 0.717) is 0 Å². The minimum Gasteiger partial charge on any atom is -0.383 e. The molecule has 0 radical (unpaired) electrons. The Morgan fingerprint density at radius 1 is 1.50 bits per heavy atom. The van der Waals surface area contributed by atoms with Gasteiger partial charge in [0.1, 0.15) is 6.04 Å². The molecule has 6 heteroatoms. The number of methoxy groups -OCH3 is 1. The predicted molar refractivity (Wildman–Crippen MR) is 77.8 cm³/mol. The van der Waals surface area contributed by atoms with Crippen molar-refractivity contribution in [2.45, 2.75) is 19.0 Å². The second kappa shape index (κ2) is 8.48. The smallest absolute Gasteiger partial charge is 0.239 e. The summed E-state index contributed by atoms with van der Waals surface area (Å²) in [6, 6.07) is 7.02. The number of hydrogen-bond acceptors (Lipinski definition) is 3. The topological polar surface area (TPSA) is 64.3 Å². The summed E-state index contributed by atoms with van der Waals surface area (Å²) in [6.45, 7) is 2.13. The summed E-state index contributed by atoms with van der Waals surface area (Å²) >= 11 is 3.45. The maximum Gasteiger partial charge on any atom is 0.239 e. The quantitative estimate of drug-likeness (QED) is 0.864. The van der Waals surface area contributed by atoms with Gasteiger partial charge in [-0.25, -0.2) is 0 Å². The zero-order chi connectivity index (χ0) is 12.8. The molecule has 3 N–H and O–H groups in total. The van der Waals surface area contributed by atoms with Crippen molar-refractivity contribution in [3.8, 4) is 0 Å². The lowest BCUT2D eigenvalue weighted by Crippen LogP contribution is -2.44. The molecule has 1 amide bonds. The van der Waals surface area contributed by atoms with E-state index in [4.69, 9.17) is 10.5 Å². The maximum atomic E-state index is 11.7. The number of carbonyl (C=O) groups excluding carboxylic acids is 1. The molecule has 0 bridgehead atoms. The molecule has 0 aliphatic rings. The van der Waals surface area contributed by atoms with E-state index in [1.807, 2.05) is 31.2 Å². The Kier molecular flexibility index (Phi) is 8.18. The largest absolute Gasteiger partial charge is 0.383 e. The predicted octanol–water partition coefficient (Wildman–Crippen LogP) is 2.02. The fourth-order valence-corrected chi connectivity index (χ4v) is 2.11. The van der Waals surface area contributed by atoms with Crippen LogP contribution in [0.4, 0.5) is 0 Å². The van der Waals surface area contributed by atoms with Gasteiger partial charge in [0.2, 0.25) is 5.91 Å². The summed E-state index contributed by atoms with van der Waals surface area (Å²) in [4.78, 5) is 11.7. The molecule has 0 aliphatic carbocycles. The molecule has 0 spiro atoms. The highest BCUT2D eigenvalue weighted by Gasteiger charge is 2.17. The molecule has 2 unspecified atom stereocenters. The zero-order valence-corrected chi connectivity index (χ0v) is 12.8. The Labute approximate surface area is 122 Å². The summed E-state index contributed by atoms with van der Waals surface area (Å²) < 4.78 is 5.81. The van der Waals surface area contributed by atoms with Gasteiger partial charge in [-0.15, -0.1) is 12.4 Å². The van der Waals surface area contributed by atoms with Crippen molar-refractivity contribution in [3.63, 3.8) is 0 Å². The maximum absolute atomic E-state index is 11.7. The SMILES string of the molecule is COCC(N)C(=O)NC(C)c1ccccc1Br.Cl. The Morgan fingerprint density at radius 3 is 2.67 bits per heavy atom. The summed E-state index contributed by atoms with van der Waals surface area (Å²) in [7, 11) is 1.52. The summed E-state index contributed by atoms with van der Waals surface area (Å²) in [5.41, 5.74) is 6.66. The highest BCUT2D eigenvalue weighted by Crippen LogP contribution is 2.22. The van der Waals surface area contributed by atoms with Crippen molar-refractivity contribution in [1.82, 2.24) is 5.32 Å². The average Bonchev–Trinajstić information content (AvgIpc) is 2.29. The second-order valence-electron chi connectivity index (χ2n) is 3.81. The van der Waals surface area contributed by atoms with Gasteiger partial charge in [0.25, 0.3) is 0 Å². The fraction of sp³-hybridized carbons (Fsp3) is 0.417. The van der Waals surface area contributed by atoms with E-state index in [-0.39, 0.29) is 31.0 Å². The molecule has 1 rings (SSSR count). The van der Waals surface area contributed by atoms with E-state index in [0.717, 1.165) is 10.0 Å².